The Labute approximate surface area is 225 Å². The number of aliphatic hydroxyl groups excluding tert-OH is 1. The minimum absolute atomic E-state index is 0.0114. The monoisotopic (exact) mass is 520 g/mol. The standard InChI is InChI=1S/C31H40N2O5/c1-23(21-34)32-29(35)20-26-16-10-2-3-11-17-27(18-24-12-6-4-7-13-24)31(37)38-22-28(33-30(26)36)19-25-14-8-5-9-15-25/h2,4-10,12-15,23,26-28,34H,3,11,16-22H2,1H3,(H,32,35)(H,33,36)/t23-,26+,27+,28+/m0/s1. The lowest BCUT2D eigenvalue weighted by atomic mass is 9.93. The van der Waals surface area contributed by atoms with Gasteiger partial charge in [-0.1, -0.05) is 72.8 Å². The summed E-state index contributed by atoms with van der Waals surface area (Å²) in [4.78, 5) is 39.0. The van der Waals surface area contributed by atoms with Gasteiger partial charge in [-0.2, -0.15) is 0 Å². The Morgan fingerprint density at radius 3 is 2.32 bits per heavy atom. The number of carbonyl (C=O) groups is 3. The van der Waals surface area contributed by atoms with Crippen molar-refractivity contribution < 1.29 is 24.2 Å². The molecule has 38 heavy (non-hydrogen) atoms. The lowest BCUT2D eigenvalue weighted by molar-refractivity contribution is -0.150. The van der Waals surface area contributed by atoms with Crippen LogP contribution in [0.2, 0.25) is 0 Å². The van der Waals surface area contributed by atoms with Crippen molar-refractivity contribution in [1.82, 2.24) is 10.6 Å². The number of ether oxygens (including phenoxy) is 1. The number of rotatable bonds is 8. The highest BCUT2D eigenvalue weighted by Gasteiger charge is 2.27. The fourth-order valence-electron chi connectivity index (χ4n) is 4.62. The van der Waals surface area contributed by atoms with Crippen molar-refractivity contribution >= 4 is 17.8 Å². The molecule has 3 rings (SSSR count). The van der Waals surface area contributed by atoms with E-state index >= 15 is 0 Å². The molecule has 0 unspecified atom stereocenters. The number of allylic oxidation sites excluding steroid dienone is 2. The zero-order valence-corrected chi connectivity index (χ0v) is 22.2. The van der Waals surface area contributed by atoms with Crippen LogP contribution in [0.15, 0.2) is 72.8 Å². The molecule has 0 aliphatic carbocycles. The Bertz CT molecular complexity index is 1040. The molecule has 1 aliphatic rings. The van der Waals surface area contributed by atoms with E-state index in [4.69, 9.17) is 4.74 Å². The first-order valence-corrected chi connectivity index (χ1v) is 13.5. The van der Waals surface area contributed by atoms with Crippen molar-refractivity contribution in [3.8, 4) is 0 Å². The Morgan fingerprint density at radius 1 is 1.00 bits per heavy atom. The largest absolute Gasteiger partial charge is 0.463 e. The highest BCUT2D eigenvalue weighted by molar-refractivity contribution is 5.86. The third-order valence-corrected chi connectivity index (χ3v) is 6.75. The van der Waals surface area contributed by atoms with Crippen molar-refractivity contribution in [3.63, 3.8) is 0 Å². The van der Waals surface area contributed by atoms with Crippen molar-refractivity contribution in [1.29, 1.82) is 0 Å². The molecule has 7 heteroatoms. The van der Waals surface area contributed by atoms with Gasteiger partial charge in [-0.25, -0.2) is 0 Å². The number of aliphatic hydroxyl groups is 1. The molecule has 0 radical (unpaired) electrons. The van der Waals surface area contributed by atoms with Crippen molar-refractivity contribution in [2.75, 3.05) is 13.2 Å². The summed E-state index contributed by atoms with van der Waals surface area (Å²) in [7, 11) is 0. The summed E-state index contributed by atoms with van der Waals surface area (Å²) in [6, 6.07) is 18.9. The second kappa shape index (κ2) is 15.7. The first kappa shape index (κ1) is 29.1. The number of hydrogen-bond acceptors (Lipinski definition) is 5. The zero-order valence-electron chi connectivity index (χ0n) is 22.2. The minimum atomic E-state index is -0.570. The fraction of sp³-hybridized carbons (Fsp3) is 0.452. The van der Waals surface area contributed by atoms with Crippen LogP contribution in [-0.2, 0) is 32.0 Å². The Balaban J connectivity index is 1.77. The lowest BCUT2D eigenvalue weighted by Crippen LogP contribution is -2.45. The van der Waals surface area contributed by atoms with E-state index in [9.17, 15) is 19.5 Å². The van der Waals surface area contributed by atoms with Gasteiger partial charge >= 0.3 is 5.97 Å². The van der Waals surface area contributed by atoms with Crippen molar-refractivity contribution in [2.45, 2.75) is 64.0 Å². The molecular formula is C31H40N2O5. The Hall–Kier alpha value is -3.45. The van der Waals surface area contributed by atoms with Gasteiger partial charge in [-0.15, -0.1) is 0 Å². The van der Waals surface area contributed by atoms with E-state index in [2.05, 4.69) is 10.6 Å². The molecular weight excluding hydrogens is 480 g/mol. The smallest absolute Gasteiger partial charge is 0.309 e. The van der Waals surface area contributed by atoms with Gasteiger partial charge in [0.05, 0.1) is 24.5 Å². The molecule has 1 heterocycles. The predicted molar refractivity (Wildman–Crippen MR) is 147 cm³/mol. The SMILES string of the molecule is C[C@@H](CO)NC(=O)C[C@H]1CC=CCCC[C@H](Cc2ccccc2)C(=O)OC[C@@H](Cc2ccccc2)NC1=O. The molecule has 7 nitrogen and oxygen atoms in total. The van der Waals surface area contributed by atoms with E-state index in [1.807, 2.05) is 72.8 Å². The van der Waals surface area contributed by atoms with Gasteiger partial charge < -0.3 is 20.5 Å². The predicted octanol–water partition coefficient (Wildman–Crippen LogP) is 3.75. The van der Waals surface area contributed by atoms with Crippen LogP contribution >= 0.6 is 0 Å². The van der Waals surface area contributed by atoms with Crippen LogP contribution in [0.1, 0.15) is 50.2 Å². The third kappa shape index (κ3) is 10.1. The van der Waals surface area contributed by atoms with Crippen LogP contribution in [0.4, 0.5) is 0 Å². The highest BCUT2D eigenvalue weighted by atomic mass is 16.5. The van der Waals surface area contributed by atoms with Crippen molar-refractivity contribution in [2.24, 2.45) is 11.8 Å². The normalized spacial score (nSPS) is 22.0. The number of nitrogens with one attached hydrogen (secondary N) is 2. The van der Waals surface area contributed by atoms with Crippen LogP contribution < -0.4 is 10.6 Å². The fourth-order valence-corrected chi connectivity index (χ4v) is 4.62. The molecule has 4 atom stereocenters. The molecule has 0 spiro atoms. The summed E-state index contributed by atoms with van der Waals surface area (Å²) in [6.45, 7) is 1.60. The van der Waals surface area contributed by atoms with Crippen LogP contribution in [0.5, 0.6) is 0 Å². The molecule has 2 aromatic carbocycles. The van der Waals surface area contributed by atoms with Gasteiger partial charge in [0, 0.05) is 12.5 Å². The molecule has 1 aliphatic heterocycles. The van der Waals surface area contributed by atoms with Crippen LogP contribution in [0, 0.1) is 11.8 Å². The Kier molecular flexibility index (Phi) is 12.0. The zero-order chi connectivity index (χ0) is 27.2. The van der Waals surface area contributed by atoms with Crippen LogP contribution in [0.25, 0.3) is 0 Å². The summed E-state index contributed by atoms with van der Waals surface area (Å²) in [5.74, 6) is -1.62. The summed E-state index contributed by atoms with van der Waals surface area (Å²) in [5.41, 5.74) is 2.11. The number of cyclic esters (lactones) is 1. The topological polar surface area (TPSA) is 105 Å². The summed E-state index contributed by atoms with van der Waals surface area (Å²) in [5, 5.41) is 15.0. The van der Waals surface area contributed by atoms with E-state index in [-0.39, 0.29) is 49.4 Å². The highest BCUT2D eigenvalue weighted by Crippen LogP contribution is 2.19. The van der Waals surface area contributed by atoms with Crippen LogP contribution in [0.3, 0.4) is 0 Å². The average molecular weight is 521 g/mol. The second-order valence-corrected chi connectivity index (χ2v) is 10.1. The average Bonchev–Trinajstić information content (AvgIpc) is 2.92. The summed E-state index contributed by atoms with van der Waals surface area (Å²) >= 11 is 0. The van der Waals surface area contributed by atoms with Gasteiger partial charge in [-0.05, 0) is 56.6 Å². The first-order valence-electron chi connectivity index (χ1n) is 13.5. The molecule has 2 aromatic rings. The van der Waals surface area contributed by atoms with Crippen LogP contribution in [-0.4, -0.2) is 48.2 Å². The quantitative estimate of drug-likeness (QED) is 0.363. The maximum absolute atomic E-state index is 13.3. The molecule has 0 saturated carbocycles. The molecule has 204 valence electrons. The second-order valence-electron chi connectivity index (χ2n) is 10.1. The van der Waals surface area contributed by atoms with Gasteiger partial charge in [0.25, 0.3) is 0 Å². The molecule has 0 aromatic heterocycles. The molecule has 3 N–H and O–H groups in total. The summed E-state index contributed by atoms with van der Waals surface area (Å²) < 4.78 is 5.81. The van der Waals surface area contributed by atoms with E-state index in [1.54, 1.807) is 6.92 Å². The number of esters is 1. The molecule has 2 amide bonds. The lowest BCUT2D eigenvalue weighted by Gasteiger charge is -2.24. The van der Waals surface area contributed by atoms with Crippen molar-refractivity contribution in [3.05, 3.63) is 83.9 Å². The van der Waals surface area contributed by atoms with E-state index in [0.717, 1.165) is 24.0 Å². The van der Waals surface area contributed by atoms with Gasteiger partial charge in [0.1, 0.15) is 6.61 Å². The van der Waals surface area contributed by atoms with Gasteiger partial charge in [0.15, 0.2) is 0 Å². The maximum Gasteiger partial charge on any atom is 0.309 e. The van der Waals surface area contributed by atoms with E-state index in [1.165, 1.54) is 0 Å². The molecule has 0 bridgehead atoms. The number of amides is 2. The van der Waals surface area contributed by atoms with E-state index < -0.39 is 12.0 Å². The number of benzene rings is 2. The minimum Gasteiger partial charge on any atom is -0.463 e. The van der Waals surface area contributed by atoms with E-state index in [0.29, 0.717) is 25.7 Å². The Morgan fingerprint density at radius 2 is 1.66 bits per heavy atom. The number of hydrogen-bond donors (Lipinski definition) is 3. The van der Waals surface area contributed by atoms with Gasteiger partial charge in [0.2, 0.25) is 11.8 Å². The third-order valence-electron chi connectivity index (χ3n) is 6.75. The maximum atomic E-state index is 13.3. The molecule has 0 fully saturated rings. The summed E-state index contributed by atoms with van der Waals surface area (Å²) in [6.07, 6.45) is 7.83. The first-order chi connectivity index (χ1) is 18.4. The number of carbonyl (C=O) groups excluding carboxylic acids is 3. The molecule has 0 saturated heterocycles. The van der Waals surface area contributed by atoms with Gasteiger partial charge in [-0.3, -0.25) is 14.4 Å².